The van der Waals surface area contributed by atoms with E-state index >= 15 is 0 Å². The van der Waals surface area contributed by atoms with Crippen LogP contribution in [0.25, 0.3) is 0 Å². The normalized spacial score (nSPS) is 12.8. The number of carbonyl (C=O) groups is 1. The molecule has 2 atom stereocenters. The van der Waals surface area contributed by atoms with E-state index in [1.165, 1.54) is 0 Å². The van der Waals surface area contributed by atoms with Crippen molar-refractivity contribution in [1.82, 2.24) is 5.32 Å². The SMILES string of the molecule is CC(N)CCNC(=O)C(Sc1ccccc1)c1ccccc1.Cl. The van der Waals surface area contributed by atoms with Crippen LogP contribution in [0.2, 0.25) is 0 Å². The quantitative estimate of drug-likeness (QED) is 0.747. The Morgan fingerprint density at radius 2 is 1.65 bits per heavy atom. The van der Waals surface area contributed by atoms with Crippen molar-refractivity contribution in [3.05, 3.63) is 66.2 Å². The second kappa shape index (κ2) is 10.3. The minimum absolute atomic E-state index is 0. The van der Waals surface area contributed by atoms with Crippen LogP contribution in [0.3, 0.4) is 0 Å². The topological polar surface area (TPSA) is 55.1 Å². The van der Waals surface area contributed by atoms with Crippen LogP contribution in [0.15, 0.2) is 65.6 Å². The first-order valence-electron chi connectivity index (χ1n) is 7.47. The molecule has 0 aliphatic heterocycles. The van der Waals surface area contributed by atoms with Gasteiger partial charge in [0.2, 0.25) is 5.91 Å². The molecular weight excluding hydrogens is 328 g/mol. The van der Waals surface area contributed by atoms with E-state index in [2.05, 4.69) is 5.32 Å². The van der Waals surface area contributed by atoms with Crippen LogP contribution in [-0.4, -0.2) is 18.5 Å². The van der Waals surface area contributed by atoms with Crippen molar-refractivity contribution in [2.45, 2.75) is 29.5 Å². The van der Waals surface area contributed by atoms with E-state index in [0.717, 1.165) is 16.9 Å². The van der Waals surface area contributed by atoms with Gasteiger partial charge < -0.3 is 11.1 Å². The van der Waals surface area contributed by atoms with E-state index < -0.39 is 0 Å². The summed E-state index contributed by atoms with van der Waals surface area (Å²) in [5.41, 5.74) is 6.74. The Labute approximate surface area is 148 Å². The highest BCUT2D eigenvalue weighted by Gasteiger charge is 2.21. The van der Waals surface area contributed by atoms with E-state index in [1.54, 1.807) is 11.8 Å². The zero-order valence-corrected chi connectivity index (χ0v) is 14.8. The molecule has 2 unspecified atom stereocenters. The first-order valence-corrected chi connectivity index (χ1v) is 8.34. The fourth-order valence-corrected chi connectivity index (χ4v) is 3.12. The molecule has 3 nitrogen and oxygen atoms in total. The van der Waals surface area contributed by atoms with E-state index in [9.17, 15) is 4.79 Å². The van der Waals surface area contributed by atoms with Gasteiger partial charge in [0.1, 0.15) is 5.25 Å². The number of nitrogens with one attached hydrogen (secondary N) is 1. The van der Waals surface area contributed by atoms with Gasteiger partial charge in [-0.3, -0.25) is 4.79 Å². The molecule has 0 aliphatic rings. The molecule has 0 saturated heterocycles. The number of hydrogen-bond donors (Lipinski definition) is 2. The smallest absolute Gasteiger partial charge is 0.237 e. The highest BCUT2D eigenvalue weighted by Crippen LogP contribution is 2.35. The van der Waals surface area contributed by atoms with Gasteiger partial charge in [0.05, 0.1) is 0 Å². The highest BCUT2D eigenvalue weighted by molar-refractivity contribution is 8.00. The molecule has 0 saturated carbocycles. The molecule has 0 radical (unpaired) electrons. The van der Waals surface area contributed by atoms with Crippen LogP contribution in [0.4, 0.5) is 0 Å². The minimum atomic E-state index is -0.253. The van der Waals surface area contributed by atoms with Crippen LogP contribution in [-0.2, 0) is 4.79 Å². The van der Waals surface area contributed by atoms with Crippen molar-refractivity contribution >= 4 is 30.1 Å². The molecular formula is C18H23ClN2OS. The molecule has 23 heavy (non-hydrogen) atoms. The summed E-state index contributed by atoms with van der Waals surface area (Å²) in [6.07, 6.45) is 0.781. The van der Waals surface area contributed by atoms with Gasteiger partial charge in [-0.05, 0) is 31.0 Å². The van der Waals surface area contributed by atoms with E-state index in [0.29, 0.717) is 6.54 Å². The van der Waals surface area contributed by atoms with Gasteiger partial charge >= 0.3 is 0 Å². The number of halogens is 1. The maximum atomic E-state index is 12.6. The van der Waals surface area contributed by atoms with Crippen molar-refractivity contribution in [2.24, 2.45) is 5.73 Å². The number of amides is 1. The van der Waals surface area contributed by atoms with Crippen LogP contribution in [0.5, 0.6) is 0 Å². The van der Waals surface area contributed by atoms with Crippen molar-refractivity contribution in [2.75, 3.05) is 6.54 Å². The molecule has 0 aromatic heterocycles. The maximum Gasteiger partial charge on any atom is 0.237 e. The fraction of sp³-hybridized carbons (Fsp3) is 0.278. The molecule has 0 spiro atoms. The number of nitrogens with two attached hydrogens (primary N) is 1. The van der Waals surface area contributed by atoms with Gasteiger partial charge in [0, 0.05) is 17.5 Å². The van der Waals surface area contributed by atoms with Gasteiger partial charge in [-0.2, -0.15) is 0 Å². The van der Waals surface area contributed by atoms with E-state index in [-0.39, 0.29) is 29.6 Å². The summed E-state index contributed by atoms with van der Waals surface area (Å²) < 4.78 is 0. The lowest BCUT2D eigenvalue weighted by molar-refractivity contribution is -0.120. The van der Waals surface area contributed by atoms with Crippen LogP contribution in [0, 0.1) is 0 Å². The third-order valence-electron chi connectivity index (χ3n) is 3.24. The van der Waals surface area contributed by atoms with Gasteiger partial charge in [-0.25, -0.2) is 0 Å². The lowest BCUT2D eigenvalue weighted by Gasteiger charge is -2.17. The monoisotopic (exact) mass is 350 g/mol. The second-order valence-corrected chi connectivity index (χ2v) is 6.46. The first-order chi connectivity index (χ1) is 10.7. The minimum Gasteiger partial charge on any atom is -0.355 e. The molecule has 2 rings (SSSR count). The number of rotatable bonds is 7. The van der Waals surface area contributed by atoms with Crippen LogP contribution >= 0.6 is 24.2 Å². The first kappa shape index (κ1) is 19.6. The van der Waals surface area contributed by atoms with Crippen molar-refractivity contribution in [1.29, 1.82) is 0 Å². The molecule has 1 amide bonds. The summed E-state index contributed by atoms with van der Waals surface area (Å²) in [4.78, 5) is 13.6. The summed E-state index contributed by atoms with van der Waals surface area (Å²) in [6.45, 7) is 2.55. The number of benzene rings is 2. The Morgan fingerprint density at radius 1 is 1.09 bits per heavy atom. The summed E-state index contributed by atoms with van der Waals surface area (Å²) >= 11 is 1.57. The van der Waals surface area contributed by atoms with Gasteiger partial charge in [-0.1, -0.05) is 48.5 Å². The van der Waals surface area contributed by atoms with Crippen LogP contribution in [0.1, 0.15) is 24.2 Å². The lowest BCUT2D eigenvalue weighted by atomic mass is 10.1. The van der Waals surface area contributed by atoms with Crippen molar-refractivity contribution < 1.29 is 4.79 Å². The standard InChI is InChI=1S/C18H22N2OS.ClH/c1-14(19)12-13-20-18(21)17(15-8-4-2-5-9-15)22-16-10-6-3-7-11-16;/h2-11,14,17H,12-13,19H2,1H3,(H,20,21);1H. The third-order valence-corrected chi connectivity index (χ3v) is 4.50. The molecule has 5 heteroatoms. The lowest BCUT2D eigenvalue weighted by Crippen LogP contribution is -2.31. The second-order valence-electron chi connectivity index (χ2n) is 5.28. The molecule has 0 aliphatic carbocycles. The molecule has 2 aromatic carbocycles. The molecule has 2 aromatic rings. The average molecular weight is 351 g/mol. The van der Waals surface area contributed by atoms with Gasteiger partial charge in [-0.15, -0.1) is 24.2 Å². The van der Waals surface area contributed by atoms with Crippen LogP contribution < -0.4 is 11.1 Å². The van der Waals surface area contributed by atoms with Gasteiger partial charge in [0.15, 0.2) is 0 Å². The van der Waals surface area contributed by atoms with Crippen molar-refractivity contribution in [3.63, 3.8) is 0 Å². The Balaban J connectivity index is 0.00000264. The Hall–Kier alpha value is -1.49. The molecule has 0 heterocycles. The zero-order chi connectivity index (χ0) is 15.8. The predicted molar refractivity (Wildman–Crippen MR) is 100 cm³/mol. The predicted octanol–water partition coefficient (Wildman–Crippen LogP) is 3.80. The van der Waals surface area contributed by atoms with E-state index in [1.807, 2.05) is 67.6 Å². The number of thioether (sulfide) groups is 1. The molecule has 124 valence electrons. The maximum absolute atomic E-state index is 12.6. The largest absolute Gasteiger partial charge is 0.355 e. The Morgan fingerprint density at radius 3 is 2.22 bits per heavy atom. The van der Waals surface area contributed by atoms with E-state index in [4.69, 9.17) is 5.73 Å². The summed E-state index contributed by atoms with van der Waals surface area (Å²) in [7, 11) is 0. The summed E-state index contributed by atoms with van der Waals surface area (Å²) in [6, 6.07) is 20.0. The molecule has 0 bridgehead atoms. The summed E-state index contributed by atoms with van der Waals surface area (Å²) in [5, 5.41) is 2.74. The number of hydrogen-bond acceptors (Lipinski definition) is 3. The highest BCUT2D eigenvalue weighted by atomic mass is 35.5. The van der Waals surface area contributed by atoms with Crippen molar-refractivity contribution in [3.8, 4) is 0 Å². The fourth-order valence-electron chi connectivity index (χ4n) is 2.05. The van der Waals surface area contributed by atoms with Gasteiger partial charge in [0.25, 0.3) is 0 Å². The molecule has 0 fully saturated rings. The summed E-state index contributed by atoms with van der Waals surface area (Å²) in [5.74, 6) is 0.0284. The Kier molecular flexibility index (Phi) is 8.77. The Bertz CT molecular complexity index is 578. The number of carbonyl (C=O) groups excluding carboxylic acids is 1. The average Bonchev–Trinajstić information content (AvgIpc) is 2.54. The zero-order valence-electron chi connectivity index (χ0n) is 13.1. The molecule has 3 N–H and O–H groups in total. The third kappa shape index (κ3) is 6.65.